The number of carbonyl (C=O) groups excluding carboxylic acids is 1. The summed E-state index contributed by atoms with van der Waals surface area (Å²) in [5.41, 5.74) is -0.441. The lowest BCUT2D eigenvalue weighted by Gasteiger charge is -2.24. The Morgan fingerprint density at radius 1 is 1.41 bits per heavy atom. The Morgan fingerprint density at radius 2 is 2.23 bits per heavy atom. The molecule has 3 atom stereocenters. The van der Waals surface area contributed by atoms with Gasteiger partial charge in [0.05, 0.1) is 12.8 Å². The molecule has 0 radical (unpaired) electrons. The standard InChI is InChI=1S/C17H26N2O3/c1-17(2,3)22-16(20)18-15-7-6-12-9-19(11-14(12)15)10-13-5-4-8-21-13/h4-5,8,12,14-15H,6-7,9-11H2,1-3H3,(H,18,20)/t12-,14+,15-/m1/s1. The van der Waals surface area contributed by atoms with Gasteiger partial charge in [0, 0.05) is 19.1 Å². The van der Waals surface area contributed by atoms with Gasteiger partial charge in [0.15, 0.2) is 0 Å². The summed E-state index contributed by atoms with van der Waals surface area (Å²) >= 11 is 0. The lowest BCUT2D eigenvalue weighted by molar-refractivity contribution is 0.0491. The summed E-state index contributed by atoms with van der Waals surface area (Å²) in [7, 11) is 0. The number of fused-ring (bicyclic) bond motifs is 1. The molecule has 0 unspecified atom stereocenters. The zero-order valence-corrected chi connectivity index (χ0v) is 13.7. The number of ether oxygens (including phenoxy) is 1. The molecule has 2 heterocycles. The second kappa shape index (κ2) is 5.95. The summed E-state index contributed by atoms with van der Waals surface area (Å²) in [6.45, 7) is 8.66. The monoisotopic (exact) mass is 306 g/mol. The van der Waals surface area contributed by atoms with Crippen LogP contribution in [0.15, 0.2) is 22.8 Å². The van der Waals surface area contributed by atoms with Crippen LogP contribution in [0.4, 0.5) is 4.79 Å². The molecule has 0 aromatic carbocycles. The lowest BCUT2D eigenvalue weighted by Crippen LogP contribution is -2.42. The maximum Gasteiger partial charge on any atom is 0.407 e. The molecule has 1 aromatic rings. The van der Waals surface area contributed by atoms with Crippen LogP contribution in [0.25, 0.3) is 0 Å². The molecule has 2 aliphatic rings. The molecule has 3 rings (SSSR count). The summed E-state index contributed by atoms with van der Waals surface area (Å²) in [4.78, 5) is 14.4. The molecule has 0 spiro atoms. The summed E-state index contributed by atoms with van der Waals surface area (Å²) in [5.74, 6) is 2.22. The third kappa shape index (κ3) is 3.64. The van der Waals surface area contributed by atoms with E-state index in [4.69, 9.17) is 9.15 Å². The van der Waals surface area contributed by atoms with Crippen molar-refractivity contribution in [3.8, 4) is 0 Å². The van der Waals surface area contributed by atoms with Crippen LogP contribution >= 0.6 is 0 Å². The second-order valence-electron chi connectivity index (χ2n) is 7.53. The van der Waals surface area contributed by atoms with E-state index >= 15 is 0 Å². The maximum absolute atomic E-state index is 12.0. The number of nitrogens with one attached hydrogen (secondary N) is 1. The highest BCUT2D eigenvalue weighted by Gasteiger charge is 2.43. The van der Waals surface area contributed by atoms with Crippen LogP contribution in [0.1, 0.15) is 39.4 Å². The Bertz CT molecular complexity index is 506. The van der Waals surface area contributed by atoms with Gasteiger partial charge < -0.3 is 14.5 Å². The van der Waals surface area contributed by atoms with E-state index in [0.717, 1.165) is 31.8 Å². The Hall–Kier alpha value is -1.49. The number of rotatable bonds is 3. The molecule has 1 N–H and O–H groups in total. The number of furan rings is 1. The van der Waals surface area contributed by atoms with Crippen molar-refractivity contribution in [2.45, 2.75) is 51.8 Å². The number of carbonyl (C=O) groups is 1. The smallest absolute Gasteiger partial charge is 0.407 e. The number of nitrogens with zero attached hydrogens (tertiary/aromatic N) is 1. The fourth-order valence-electron chi connectivity index (χ4n) is 3.75. The largest absolute Gasteiger partial charge is 0.468 e. The summed E-state index contributed by atoms with van der Waals surface area (Å²) in [5, 5.41) is 3.07. The average molecular weight is 306 g/mol. The Kier molecular flexibility index (Phi) is 4.17. The topological polar surface area (TPSA) is 54.7 Å². The SMILES string of the molecule is CC(C)(C)OC(=O)N[C@@H]1CC[C@@H]2CN(Cc3ccco3)C[C@@H]21. The van der Waals surface area contributed by atoms with Crippen LogP contribution in [-0.2, 0) is 11.3 Å². The molecule has 2 fully saturated rings. The first-order valence-electron chi connectivity index (χ1n) is 8.15. The molecule has 5 heteroatoms. The summed E-state index contributed by atoms with van der Waals surface area (Å²) < 4.78 is 10.8. The molecule has 1 saturated heterocycles. The van der Waals surface area contributed by atoms with E-state index < -0.39 is 5.60 Å². The van der Waals surface area contributed by atoms with Gasteiger partial charge in [-0.3, -0.25) is 4.90 Å². The van der Waals surface area contributed by atoms with E-state index in [0.29, 0.717) is 11.8 Å². The first-order valence-corrected chi connectivity index (χ1v) is 8.15. The zero-order chi connectivity index (χ0) is 15.7. The van der Waals surface area contributed by atoms with E-state index in [1.165, 1.54) is 6.42 Å². The van der Waals surface area contributed by atoms with Crippen molar-refractivity contribution in [1.29, 1.82) is 0 Å². The van der Waals surface area contributed by atoms with Gasteiger partial charge in [-0.05, 0) is 57.6 Å². The van der Waals surface area contributed by atoms with Gasteiger partial charge in [-0.25, -0.2) is 4.79 Å². The summed E-state index contributed by atoms with van der Waals surface area (Å²) in [6, 6.07) is 4.19. The van der Waals surface area contributed by atoms with Gasteiger partial charge in [0.2, 0.25) is 0 Å². The predicted molar refractivity (Wildman–Crippen MR) is 83.4 cm³/mol. The summed E-state index contributed by atoms with van der Waals surface area (Å²) in [6.07, 6.45) is 3.67. The highest BCUT2D eigenvalue weighted by Crippen LogP contribution is 2.38. The Morgan fingerprint density at radius 3 is 2.91 bits per heavy atom. The molecule has 1 saturated carbocycles. The molecule has 5 nitrogen and oxygen atoms in total. The van der Waals surface area contributed by atoms with E-state index in [1.54, 1.807) is 6.26 Å². The molecule has 122 valence electrons. The zero-order valence-electron chi connectivity index (χ0n) is 13.7. The Labute approximate surface area is 132 Å². The number of amides is 1. The van der Waals surface area contributed by atoms with Crippen molar-refractivity contribution in [3.63, 3.8) is 0 Å². The van der Waals surface area contributed by atoms with E-state index in [2.05, 4.69) is 10.2 Å². The quantitative estimate of drug-likeness (QED) is 0.932. The highest BCUT2D eigenvalue weighted by molar-refractivity contribution is 5.68. The first kappa shape index (κ1) is 15.4. The van der Waals surface area contributed by atoms with Crippen molar-refractivity contribution >= 4 is 6.09 Å². The second-order valence-corrected chi connectivity index (χ2v) is 7.53. The fourth-order valence-corrected chi connectivity index (χ4v) is 3.75. The van der Waals surface area contributed by atoms with Gasteiger partial charge in [0.25, 0.3) is 0 Å². The normalized spacial score (nSPS) is 28.6. The maximum atomic E-state index is 12.0. The fraction of sp³-hybridized carbons (Fsp3) is 0.706. The highest BCUT2D eigenvalue weighted by atomic mass is 16.6. The van der Waals surface area contributed by atoms with Crippen molar-refractivity contribution in [3.05, 3.63) is 24.2 Å². The van der Waals surface area contributed by atoms with Gasteiger partial charge in [0.1, 0.15) is 11.4 Å². The third-order valence-electron chi connectivity index (χ3n) is 4.59. The minimum atomic E-state index is -0.441. The van der Waals surface area contributed by atoms with Crippen LogP contribution < -0.4 is 5.32 Å². The number of hydrogen-bond donors (Lipinski definition) is 1. The van der Waals surface area contributed by atoms with Crippen molar-refractivity contribution in [1.82, 2.24) is 10.2 Å². The molecule has 1 aromatic heterocycles. The van der Waals surface area contributed by atoms with Crippen molar-refractivity contribution < 1.29 is 13.9 Å². The molecule has 1 aliphatic carbocycles. The molecule has 1 aliphatic heterocycles. The van der Waals surface area contributed by atoms with Crippen molar-refractivity contribution in [2.75, 3.05) is 13.1 Å². The molecular weight excluding hydrogens is 280 g/mol. The predicted octanol–water partition coefficient (Wildman–Crippen LogP) is 3.01. The van der Waals surface area contributed by atoms with Gasteiger partial charge in [-0.1, -0.05) is 0 Å². The number of alkyl carbamates (subject to hydrolysis) is 1. The third-order valence-corrected chi connectivity index (χ3v) is 4.59. The number of likely N-dealkylation sites (tertiary alicyclic amines) is 1. The van der Waals surface area contributed by atoms with Gasteiger partial charge in [-0.15, -0.1) is 0 Å². The molecule has 22 heavy (non-hydrogen) atoms. The van der Waals surface area contributed by atoms with Crippen LogP contribution in [0.3, 0.4) is 0 Å². The Balaban J connectivity index is 1.53. The number of hydrogen-bond acceptors (Lipinski definition) is 4. The minimum Gasteiger partial charge on any atom is -0.468 e. The lowest BCUT2D eigenvalue weighted by atomic mass is 9.98. The molecular formula is C17H26N2O3. The van der Waals surface area contributed by atoms with E-state index in [9.17, 15) is 4.79 Å². The van der Waals surface area contributed by atoms with E-state index in [1.807, 2.05) is 32.9 Å². The van der Waals surface area contributed by atoms with E-state index in [-0.39, 0.29) is 12.1 Å². The molecule has 1 amide bonds. The van der Waals surface area contributed by atoms with Gasteiger partial charge >= 0.3 is 6.09 Å². The van der Waals surface area contributed by atoms with Crippen molar-refractivity contribution in [2.24, 2.45) is 11.8 Å². The van der Waals surface area contributed by atoms with Crippen LogP contribution in [-0.4, -0.2) is 35.7 Å². The van der Waals surface area contributed by atoms with Gasteiger partial charge in [-0.2, -0.15) is 0 Å². The minimum absolute atomic E-state index is 0.237. The van der Waals surface area contributed by atoms with Crippen LogP contribution in [0, 0.1) is 11.8 Å². The average Bonchev–Trinajstić information content (AvgIpc) is 3.07. The first-order chi connectivity index (χ1) is 10.4. The molecule has 0 bridgehead atoms. The van der Waals surface area contributed by atoms with Crippen LogP contribution in [0.5, 0.6) is 0 Å². The van der Waals surface area contributed by atoms with Crippen LogP contribution in [0.2, 0.25) is 0 Å².